The van der Waals surface area contributed by atoms with Crippen LogP contribution in [0.25, 0.3) is 6.08 Å². The highest BCUT2D eigenvalue weighted by atomic mass is 16.5. The standard InChI is InChI=1S/C28H37N5O3/c1-4-35-28(34)20(2)33(16-6-8-22-7-5-9-23(19-22)27(30)31)24-10-12-25(13-11-24)36-26-14-17-32(18-15-26)21(3)29/h5-13,19-20,26,29H,4,14-18H2,1-3H3,(H3,30,31). The number of likely N-dealkylation sites (tertiary alicyclic amines) is 1. The zero-order valence-electron chi connectivity index (χ0n) is 21.4. The number of hydrogen-bond acceptors (Lipinski definition) is 6. The lowest BCUT2D eigenvalue weighted by atomic mass is 10.1. The lowest BCUT2D eigenvalue weighted by molar-refractivity contribution is -0.144. The van der Waals surface area contributed by atoms with E-state index in [0.29, 0.717) is 24.6 Å². The number of nitrogens with two attached hydrogens (primary N) is 1. The van der Waals surface area contributed by atoms with E-state index in [-0.39, 0.29) is 17.9 Å². The number of esters is 1. The quantitative estimate of drug-likeness (QED) is 0.260. The summed E-state index contributed by atoms with van der Waals surface area (Å²) in [6, 6.07) is 14.8. The molecule has 1 fully saturated rings. The summed E-state index contributed by atoms with van der Waals surface area (Å²) in [6.07, 6.45) is 5.85. The van der Waals surface area contributed by atoms with Crippen molar-refractivity contribution in [3.05, 3.63) is 65.7 Å². The van der Waals surface area contributed by atoms with Gasteiger partial charge < -0.3 is 25.0 Å². The molecule has 1 aliphatic rings. The van der Waals surface area contributed by atoms with E-state index in [9.17, 15) is 4.79 Å². The predicted octanol–water partition coefficient (Wildman–Crippen LogP) is 4.28. The molecule has 1 saturated heterocycles. The first kappa shape index (κ1) is 26.8. The molecule has 1 heterocycles. The molecule has 0 bridgehead atoms. The normalized spacial score (nSPS) is 14.9. The van der Waals surface area contributed by atoms with Crippen molar-refractivity contribution in [1.29, 1.82) is 10.8 Å². The van der Waals surface area contributed by atoms with Gasteiger partial charge in [0.2, 0.25) is 0 Å². The Kier molecular flexibility index (Phi) is 9.50. The van der Waals surface area contributed by atoms with Crippen LogP contribution in [0.4, 0.5) is 5.69 Å². The maximum atomic E-state index is 12.5. The molecule has 8 heteroatoms. The van der Waals surface area contributed by atoms with Crippen molar-refractivity contribution in [2.45, 2.75) is 45.8 Å². The second-order valence-electron chi connectivity index (χ2n) is 8.91. The van der Waals surface area contributed by atoms with Gasteiger partial charge in [0.05, 0.1) is 12.4 Å². The van der Waals surface area contributed by atoms with Crippen LogP contribution in [-0.4, -0.2) is 60.9 Å². The fourth-order valence-corrected chi connectivity index (χ4v) is 4.21. The summed E-state index contributed by atoms with van der Waals surface area (Å²) in [4.78, 5) is 16.6. The van der Waals surface area contributed by atoms with Crippen LogP contribution in [0.3, 0.4) is 0 Å². The number of hydrogen-bond donors (Lipinski definition) is 3. The summed E-state index contributed by atoms with van der Waals surface area (Å²) >= 11 is 0. The largest absolute Gasteiger partial charge is 0.490 e. The first-order chi connectivity index (χ1) is 17.3. The van der Waals surface area contributed by atoms with Crippen LogP contribution in [0.2, 0.25) is 0 Å². The maximum absolute atomic E-state index is 12.5. The maximum Gasteiger partial charge on any atom is 0.328 e. The molecule has 1 aliphatic heterocycles. The lowest BCUT2D eigenvalue weighted by Crippen LogP contribution is -2.40. The monoisotopic (exact) mass is 491 g/mol. The fourth-order valence-electron chi connectivity index (χ4n) is 4.21. The molecule has 192 valence electrons. The van der Waals surface area contributed by atoms with Gasteiger partial charge >= 0.3 is 5.97 Å². The molecule has 1 unspecified atom stereocenters. The highest BCUT2D eigenvalue weighted by Gasteiger charge is 2.23. The van der Waals surface area contributed by atoms with Gasteiger partial charge in [-0.1, -0.05) is 30.4 Å². The van der Waals surface area contributed by atoms with Crippen molar-refractivity contribution in [3.63, 3.8) is 0 Å². The summed E-state index contributed by atoms with van der Waals surface area (Å²) in [6.45, 7) is 7.96. The van der Waals surface area contributed by atoms with Crippen molar-refractivity contribution in [1.82, 2.24) is 4.90 Å². The van der Waals surface area contributed by atoms with E-state index < -0.39 is 6.04 Å². The van der Waals surface area contributed by atoms with Crippen LogP contribution in [-0.2, 0) is 9.53 Å². The minimum Gasteiger partial charge on any atom is -0.490 e. The highest BCUT2D eigenvalue weighted by molar-refractivity contribution is 5.95. The van der Waals surface area contributed by atoms with E-state index in [0.717, 1.165) is 42.9 Å². The molecule has 0 spiro atoms. The van der Waals surface area contributed by atoms with Gasteiger partial charge in [0.1, 0.15) is 23.7 Å². The Morgan fingerprint density at radius 2 is 1.89 bits per heavy atom. The smallest absolute Gasteiger partial charge is 0.328 e. The summed E-state index contributed by atoms with van der Waals surface area (Å²) in [5.41, 5.74) is 8.09. The van der Waals surface area contributed by atoms with Crippen molar-refractivity contribution in [2.24, 2.45) is 5.73 Å². The van der Waals surface area contributed by atoms with Crippen molar-refractivity contribution in [3.8, 4) is 5.75 Å². The Balaban J connectivity index is 1.70. The lowest BCUT2D eigenvalue weighted by Gasteiger charge is -2.33. The Bertz CT molecular complexity index is 1070. The number of piperidine rings is 1. The Hall–Kier alpha value is -3.81. The topological polar surface area (TPSA) is 116 Å². The number of amidine groups is 2. The number of ether oxygens (including phenoxy) is 2. The summed E-state index contributed by atoms with van der Waals surface area (Å²) < 4.78 is 11.5. The molecule has 1 atom stereocenters. The molecule has 0 aromatic heterocycles. The molecule has 2 aromatic rings. The van der Waals surface area contributed by atoms with Gasteiger partial charge in [-0.3, -0.25) is 10.8 Å². The van der Waals surface area contributed by atoms with Gasteiger partial charge in [0, 0.05) is 43.7 Å². The number of benzene rings is 2. The van der Waals surface area contributed by atoms with Crippen molar-refractivity contribution >= 4 is 29.4 Å². The Labute approximate surface area is 213 Å². The van der Waals surface area contributed by atoms with Gasteiger partial charge in [-0.2, -0.15) is 0 Å². The summed E-state index contributed by atoms with van der Waals surface area (Å²) in [7, 11) is 0. The molecule has 0 amide bonds. The molecule has 0 radical (unpaired) electrons. The number of nitrogens with one attached hydrogen (secondary N) is 2. The number of nitrogens with zero attached hydrogens (tertiary/aromatic N) is 2. The molecular formula is C28H37N5O3. The zero-order chi connectivity index (χ0) is 26.1. The van der Waals surface area contributed by atoms with E-state index in [1.165, 1.54) is 0 Å². The van der Waals surface area contributed by atoms with Gasteiger partial charge in [-0.15, -0.1) is 0 Å². The number of carbonyl (C=O) groups is 1. The molecule has 2 aromatic carbocycles. The number of carbonyl (C=O) groups excluding carboxylic acids is 1. The van der Waals surface area contributed by atoms with E-state index in [1.54, 1.807) is 13.0 Å². The molecule has 0 aliphatic carbocycles. The molecular weight excluding hydrogens is 454 g/mol. The average Bonchev–Trinajstić information content (AvgIpc) is 2.87. The van der Waals surface area contributed by atoms with Crippen molar-refractivity contribution < 1.29 is 14.3 Å². The van der Waals surface area contributed by atoms with Gasteiger partial charge in [-0.25, -0.2) is 4.79 Å². The van der Waals surface area contributed by atoms with Gasteiger partial charge in [0.25, 0.3) is 0 Å². The number of nitrogen functional groups attached to an aromatic ring is 1. The van der Waals surface area contributed by atoms with Crippen LogP contribution in [0.1, 0.15) is 44.7 Å². The molecule has 8 nitrogen and oxygen atoms in total. The third-order valence-corrected chi connectivity index (χ3v) is 6.29. The molecule has 4 N–H and O–H groups in total. The van der Waals surface area contributed by atoms with Gasteiger partial charge in [0.15, 0.2) is 0 Å². The summed E-state index contributed by atoms with van der Waals surface area (Å²) in [5.74, 6) is 1.15. The second-order valence-corrected chi connectivity index (χ2v) is 8.91. The third kappa shape index (κ3) is 7.34. The van der Waals surface area contributed by atoms with Crippen LogP contribution in [0.5, 0.6) is 5.75 Å². The fraction of sp³-hybridized carbons (Fsp3) is 0.393. The van der Waals surface area contributed by atoms with Crippen LogP contribution in [0.15, 0.2) is 54.6 Å². The molecule has 0 saturated carbocycles. The molecule has 36 heavy (non-hydrogen) atoms. The number of anilines is 1. The average molecular weight is 492 g/mol. The first-order valence-corrected chi connectivity index (χ1v) is 12.4. The SMILES string of the molecule is CCOC(=O)C(C)N(CC=Cc1cccc(C(=N)N)c1)c1ccc(OC2CCN(C(C)=N)CC2)cc1. The van der Waals surface area contributed by atoms with Crippen LogP contribution < -0.4 is 15.4 Å². The zero-order valence-corrected chi connectivity index (χ0v) is 21.4. The Morgan fingerprint density at radius 3 is 2.50 bits per heavy atom. The minimum absolute atomic E-state index is 0.0282. The van der Waals surface area contributed by atoms with E-state index in [1.807, 2.05) is 73.4 Å². The van der Waals surface area contributed by atoms with E-state index in [4.69, 9.17) is 26.0 Å². The van der Waals surface area contributed by atoms with Gasteiger partial charge in [-0.05, 0) is 56.7 Å². The third-order valence-electron chi connectivity index (χ3n) is 6.29. The number of rotatable bonds is 10. The second kappa shape index (κ2) is 12.8. The highest BCUT2D eigenvalue weighted by Crippen LogP contribution is 2.25. The van der Waals surface area contributed by atoms with E-state index in [2.05, 4.69) is 4.90 Å². The molecule has 3 rings (SSSR count). The Morgan fingerprint density at radius 1 is 1.19 bits per heavy atom. The van der Waals surface area contributed by atoms with E-state index >= 15 is 0 Å². The first-order valence-electron chi connectivity index (χ1n) is 12.4. The predicted molar refractivity (Wildman–Crippen MR) is 145 cm³/mol. The van der Waals surface area contributed by atoms with Crippen LogP contribution in [0, 0.1) is 10.8 Å². The minimum atomic E-state index is -0.474. The summed E-state index contributed by atoms with van der Waals surface area (Å²) in [5, 5.41) is 15.4. The van der Waals surface area contributed by atoms with Crippen molar-refractivity contribution in [2.75, 3.05) is 31.1 Å². The van der Waals surface area contributed by atoms with Crippen LogP contribution >= 0.6 is 0 Å².